The fourth-order valence-electron chi connectivity index (χ4n) is 3.29. The number of unbranched alkanes of at least 4 members (excludes halogenated alkanes) is 1. The number of alkyl carbamates (subject to hydrolysis) is 1. The van der Waals surface area contributed by atoms with Crippen LogP contribution in [-0.2, 0) is 11.3 Å². The summed E-state index contributed by atoms with van der Waals surface area (Å²) in [5.41, 5.74) is 3.71. The number of nitrogens with one attached hydrogen (secondary N) is 1. The molecule has 0 spiro atoms. The zero-order valence-electron chi connectivity index (χ0n) is 17.5. The Labute approximate surface area is 166 Å². The highest BCUT2D eigenvalue weighted by atomic mass is 16.6. The lowest BCUT2D eigenvalue weighted by Crippen LogP contribution is -2.33. The molecule has 0 aliphatic carbocycles. The lowest BCUT2D eigenvalue weighted by molar-refractivity contribution is 0.0527. The molecule has 28 heavy (non-hydrogen) atoms. The molecule has 2 aromatic heterocycles. The molecule has 1 amide bonds. The summed E-state index contributed by atoms with van der Waals surface area (Å²) in [5, 5.41) is 3.94. The Balaban J connectivity index is 1.70. The number of ether oxygens (including phenoxy) is 1. The van der Waals surface area contributed by atoms with Crippen LogP contribution in [-0.4, -0.2) is 32.8 Å². The first-order valence-corrected chi connectivity index (χ1v) is 9.96. The third-order valence-electron chi connectivity index (χ3n) is 4.52. The number of aryl methyl sites for hydroxylation is 1. The van der Waals surface area contributed by atoms with Gasteiger partial charge in [-0.3, -0.25) is 4.98 Å². The Morgan fingerprint density at radius 3 is 2.68 bits per heavy atom. The maximum atomic E-state index is 11.7. The largest absolute Gasteiger partial charge is 0.444 e. The van der Waals surface area contributed by atoms with Crippen LogP contribution in [0.3, 0.4) is 0 Å². The Kier molecular flexibility index (Phi) is 5.87. The van der Waals surface area contributed by atoms with Gasteiger partial charge < -0.3 is 14.6 Å². The quantitative estimate of drug-likeness (QED) is 0.608. The SMILES string of the molecule is CC(C)c1nc2ccccc2c2c1ncn2CCCCNC(=O)OC(C)(C)C. The molecule has 3 aromatic rings. The summed E-state index contributed by atoms with van der Waals surface area (Å²) >= 11 is 0. The number of para-hydroxylation sites is 1. The first-order chi connectivity index (χ1) is 13.3. The van der Waals surface area contributed by atoms with Crippen molar-refractivity contribution in [3.8, 4) is 0 Å². The van der Waals surface area contributed by atoms with Crippen LogP contribution in [0.2, 0.25) is 0 Å². The molecule has 6 nitrogen and oxygen atoms in total. The van der Waals surface area contributed by atoms with Gasteiger partial charge in [-0.2, -0.15) is 0 Å². The number of pyridine rings is 1. The van der Waals surface area contributed by atoms with E-state index in [4.69, 9.17) is 9.72 Å². The number of imidazole rings is 1. The van der Waals surface area contributed by atoms with Gasteiger partial charge in [0, 0.05) is 18.5 Å². The lowest BCUT2D eigenvalue weighted by atomic mass is 10.1. The zero-order chi connectivity index (χ0) is 20.3. The summed E-state index contributed by atoms with van der Waals surface area (Å²) in [4.78, 5) is 21.2. The summed E-state index contributed by atoms with van der Waals surface area (Å²) in [5.74, 6) is 0.313. The van der Waals surface area contributed by atoms with Crippen molar-refractivity contribution in [1.82, 2.24) is 19.9 Å². The van der Waals surface area contributed by atoms with Crippen molar-refractivity contribution in [1.29, 1.82) is 0 Å². The highest BCUT2D eigenvalue weighted by Gasteiger charge is 2.17. The molecule has 3 rings (SSSR count). The standard InChI is InChI=1S/C22H30N4O2/c1-15(2)18-19-20(16-10-6-7-11-17(16)25-18)26(14-24-19)13-9-8-12-23-21(27)28-22(3,4)5/h6-7,10-11,14-15H,8-9,12-13H2,1-5H3,(H,23,27). The van der Waals surface area contributed by atoms with Crippen molar-refractivity contribution >= 4 is 28.0 Å². The highest BCUT2D eigenvalue weighted by molar-refractivity contribution is 6.03. The maximum Gasteiger partial charge on any atom is 0.407 e. The fourth-order valence-corrected chi connectivity index (χ4v) is 3.29. The Hall–Kier alpha value is -2.63. The number of hydrogen-bond acceptors (Lipinski definition) is 4. The molecule has 0 saturated heterocycles. The lowest BCUT2D eigenvalue weighted by Gasteiger charge is -2.19. The van der Waals surface area contributed by atoms with Gasteiger partial charge in [0.25, 0.3) is 0 Å². The second-order valence-corrected chi connectivity index (χ2v) is 8.44. The molecule has 0 radical (unpaired) electrons. The molecule has 2 heterocycles. The number of hydrogen-bond donors (Lipinski definition) is 1. The Morgan fingerprint density at radius 1 is 1.21 bits per heavy atom. The summed E-state index contributed by atoms with van der Waals surface area (Å²) in [6.45, 7) is 11.3. The molecule has 0 bridgehead atoms. The smallest absolute Gasteiger partial charge is 0.407 e. The maximum absolute atomic E-state index is 11.7. The molecule has 6 heteroatoms. The van der Waals surface area contributed by atoms with Crippen LogP contribution >= 0.6 is 0 Å². The second-order valence-electron chi connectivity index (χ2n) is 8.44. The number of fused-ring (bicyclic) bond motifs is 3. The average molecular weight is 383 g/mol. The number of carbonyl (C=O) groups excluding carboxylic acids is 1. The number of nitrogens with zero attached hydrogens (tertiary/aromatic N) is 3. The van der Waals surface area contributed by atoms with E-state index in [0.29, 0.717) is 12.5 Å². The molecule has 0 fully saturated rings. The van der Waals surface area contributed by atoms with E-state index in [1.807, 2.05) is 39.2 Å². The van der Waals surface area contributed by atoms with Crippen molar-refractivity contribution < 1.29 is 9.53 Å². The van der Waals surface area contributed by atoms with Gasteiger partial charge in [0.05, 0.1) is 23.1 Å². The van der Waals surface area contributed by atoms with Gasteiger partial charge in [0.1, 0.15) is 11.1 Å². The minimum atomic E-state index is -0.469. The Bertz CT molecular complexity index is 970. The molecular formula is C22H30N4O2. The van der Waals surface area contributed by atoms with E-state index in [1.165, 1.54) is 0 Å². The zero-order valence-corrected chi connectivity index (χ0v) is 17.5. The molecule has 0 unspecified atom stereocenters. The summed E-state index contributed by atoms with van der Waals surface area (Å²) in [7, 11) is 0. The fraction of sp³-hybridized carbons (Fsp3) is 0.500. The van der Waals surface area contributed by atoms with Crippen molar-refractivity contribution in [3.63, 3.8) is 0 Å². The van der Waals surface area contributed by atoms with E-state index in [-0.39, 0.29) is 6.09 Å². The molecule has 150 valence electrons. The molecule has 1 aromatic carbocycles. The van der Waals surface area contributed by atoms with E-state index in [1.54, 1.807) is 0 Å². The van der Waals surface area contributed by atoms with Crippen LogP contribution in [0.15, 0.2) is 30.6 Å². The van der Waals surface area contributed by atoms with Crippen LogP contribution in [0.1, 0.15) is 59.1 Å². The van der Waals surface area contributed by atoms with Crippen molar-refractivity contribution in [2.45, 2.75) is 65.5 Å². The number of rotatable bonds is 6. The minimum Gasteiger partial charge on any atom is -0.444 e. The molecule has 0 atom stereocenters. The number of aromatic nitrogens is 3. The third-order valence-corrected chi connectivity index (χ3v) is 4.52. The van der Waals surface area contributed by atoms with Gasteiger partial charge in [0.2, 0.25) is 0 Å². The van der Waals surface area contributed by atoms with Gasteiger partial charge in [-0.15, -0.1) is 0 Å². The number of amides is 1. The van der Waals surface area contributed by atoms with E-state index < -0.39 is 5.60 Å². The number of benzene rings is 1. The van der Waals surface area contributed by atoms with Gasteiger partial charge in [-0.1, -0.05) is 32.0 Å². The van der Waals surface area contributed by atoms with Gasteiger partial charge in [-0.05, 0) is 45.6 Å². The van der Waals surface area contributed by atoms with E-state index in [0.717, 1.165) is 47.0 Å². The van der Waals surface area contributed by atoms with Gasteiger partial charge in [0.15, 0.2) is 0 Å². The third kappa shape index (κ3) is 4.61. The molecule has 0 saturated carbocycles. The van der Waals surface area contributed by atoms with E-state index >= 15 is 0 Å². The first-order valence-electron chi connectivity index (χ1n) is 9.96. The first kappa shape index (κ1) is 20.1. The van der Waals surface area contributed by atoms with Crippen molar-refractivity contribution in [2.75, 3.05) is 6.54 Å². The van der Waals surface area contributed by atoms with Gasteiger partial charge >= 0.3 is 6.09 Å². The van der Waals surface area contributed by atoms with E-state index in [2.05, 4.69) is 40.8 Å². The normalized spacial score (nSPS) is 12.1. The van der Waals surface area contributed by atoms with E-state index in [9.17, 15) is 4.79 Å². The molecule has 0 aliphatic rings. The molecule has 1 N–H and O–H groups in total. The predicted octanol–water partition coefficient (Wildman–Crippen LogP) is 5.01. The van der Waals surface area contributed by atoms with Crippen LogP contribution in [0.4, 0.5) is 4.79 Å². The average Bonchev–Trinajstić information content (AvgIpc) is 3.03. The topological polar surface area (TPSA) is 69.0 Å². The Morgan fingerprint density at radius 2 is 1.96 bits per heavy atom. The minimum absolute atomic E-state index is 0.313. The summed E-state index contributed by atoms with van der Waals surface area (Å²) in [6, 6.07) is 8.23. The number of carbonyl (C=O) groups is 1. The second kappa shape index (κ2) is 8.17. The van der Waals surface area contributed by atoms with Crippen molar-refractivity contribution in [2.24, 2.45) is 0 Å². The van der Waals surface area contributed by atoms with Crippen LogP contribution in [0.25, 0.3) is 21.9 Å². The van der Waals surface area contributed by atoms with Crippen LogP contribution in [0, 0.1) is 0 Å². The monoisotopic (exact) mass is 382 g/mol. The molecular weight excluding hydrogens is 352 g/mol. The molecule has 0 aliphatic heterocycles. The highest BCUT2D eigenvalue weighted by Crippen LogP contribution is 2.29. The van der Waals surface area contributed by atoms with Crippen molar-refractivity contribution in [3.05, 3.63) is 36.3 Å². The van der Waals surface area contributed by atoms with Crippen LogP contribution in [0.5, 0.6) is 0 Å². The van der Waals surface area contributed by atoms with Gasteiger partial charge in [-0.25, -0.2) is 9.78 Å². The summed E-state index contributed by atoms with van der Waals surface area (Å²) < 4.78 is 7.47. The summed E-state index contributed by atoms with van der Waals surface area (Å²) in [6.07, 6.45) is 3.36. The van der Waals surface area contributed by atoms with Crippen LogP contribution < -0.4 is 5.32 Å². The predicted molar refractivity (Wildman–Crippen MR) is 113 cm³/mol.